The van der Waals surface area contributed by atoms with Crippen LogP contribution in [0.4, 0.5) is 9.59 Å². The number of ether oxygens (including phenoxy) is 1. The van der Waals surface area contributed by atoms with E-state index in [1.54, 1.807) is 6.07 Å². The summed E-state index contributed by atoms with van der Waals surface area (Å²) in [5.41, 5.74) is 0. The van der Waals surface area contributed by atoms with Gasteiger partial charge in [-0.1, -0.05) is 0 Å². The van der Waals surface area contributed by atoms with Crippen molar-refractivity contribution in [2.24, 2.45) is 0 Å². The Bertz CT molecular complexity index is 153. The van der Waals surface area contributed by atoms with Crippen molar-refractivity contribution in [1.29, 1.82) is 5.26 Å². The van der Waals surface area contributed by atoms with E-state index in [1.165, 1.54) is 6.92 Å². The second kappa shape index (κ2) is 18.3. The standard InChI is InChI=1S/C2H3N.C2H2O5.2K/c1-2-3;3-1(4)7-2(5)6;;/h1H3;(H,3,4)(H,5,6);;/q;;2*+1/p-2. The Balaban J connectivity index is -0.0000000569. The van der Waals surface area contributed by atoms with Crippen LogP contribution in [-0.2, 0) is 4.74 Å². The molecule has 0 fully saturated rings. The largest absolute Gasteiger partial charge is 1.00 e. The summed E-state index contributed by atoms with van der Waals surface area (Å²) < 4.78 is 2.86. The van der Waals surface area contributed by atoms with Crippen LogP contribution in [0.2, 0.25) is 0 Å². The predicted octanol–water partition coefficient (Wildman–Crippen LogP) is -7.77. The molecule has 0 aromatic heterocycles. The molecule has 0 bridgehead atoms. The van der Waals surface area contributed by atoms with Crippen molar-refractivity contribution < 1.29 is 127 Å². The first-order chi connectivity index (χ1) is 4.54. The van der Waals surface area contributed by atoms with Crippen molar-refractivity contribution in [3.8, 4) is 6.07 Å². The van der Waals surface area contributed by atoms with Gasteiger partial charge in [-0.25, -0.2) is 0 Å². The maximum absolute atomic E-state index is 9.06. The van der Waals surface area contributed by atoms with E-state index in [0.29, 0.717) is 0 Å². The fraction of sp³-hybridized carbons (Fsp3) is 0.250. The van der Waals surface area contributed by atoms with Crippen molar-refractivity contribution in [3.63, 3.8) is 0 Å². The molecule has 0 saturated carbocycles. The SMILES string of the molecule is CC#N.O=C([O-])OC(=O)[O-].[K+].[K+]. The van der Waals surface area contributed by atoms with Crippen LogP contribution < -0.4 is 113 Å². The van der Waals surface area contributed by atoms with Gasteiger partial charge in [0.25, 0.3) is 12.3 Å². The molecule has 0 rings (SSSR count). The second-order valence-electron chi connectivity index (χ2n) is 0.826. The van der Waals surface area contributed by atoms with Crippen molar-refractivity contribution in [3.05, 3.63) is 0 Å². The van der Waals surface area contributed by atoms with Gasteiger partial charge in [0.15, 0.2) is 0 Å². The van der Waals surface area contributed by atoms with E-state index in [2.05, 4.69) is 4.74 Å². The predicted molar refractivity (Wildman–Crippen MR) is 23.2 cm³/mol. The summed E-state index contributed by atoms with van der Waals surface area (Å²) in [6.45, 7) is 1.43. The van der Waals surface area contributed by atoms with Crippen molar-refractivity contribution in [2.45, 2.75) is 6.92 Å². The molecule has 0 N–H and O–H groups in total. The third-order valence-corrected chi connectivity index (χ3v) is 0.167. The Morgan fingerprint density at radius 3 is 1.42 bits per heavy atom. The fourth-order valence-corrected chi connectivity index (χ4v) is 0.0680. The van der Waals surface area contributed by atoms with Gasteiger partial charge in [-0.2, -0.15) is 5.26 Å². The molecule has 0 amide bonds. The molecule has 0 aliphatic carbocycles. The number of carbonyl (C=O) groups excluding carboxylic acids is 2. The molecular formula is C4H3K2NO5. The Kier molecular flexibility index (Phi) is 35.7. The number of carbonyl (C=O) groups is 2. The molecule has 0 aromatic rings. The van der Waals surface area contributed by atoms with Crippen molar-refractivity contribution in [1.82, 2.24) is 0 Å². The molecule has 0 atom stereocenters. The first-order valence-corrected chi connectivity index (χ1v) is 1.95. The van der Waals surface area contributed by atoms with Crippen LogP contribution in [0.15, 0.2) is 0 Å². The first kappa shape index (κ1) is 23.4. The zero-order valence-electron chi connectivity index (χ0n) is 6.99. The number of carboxylic acid groups (broad SMARTS) is 2. The van der Waals surface area contributed by atoms with Crippen LogP contribution in [0, 0.1) is 11.3 Å². The molecular weight excluding hydrogens is 220 g/mol. The van der Waals surface area contributed by atoms with Crippen LogP contribution in [0.25, 0.3) is 0 Å². The average Bonchev–Trinajstić information content (AvgIpc) is 1.62. The van der Waals surface area contributed by atoms with Crippen LogP contribution in [-0.4, -0.2) is 12.3 Å². The molecule has 0 aliphatic heterocycles. The maximum Gasteiger partial charge on any atom is 1.00 e. The second-order valence-corrected chi connectivity index (χ2v) is 0.826. The van der Waals surface area contributed by atoms with E-state index in [-0.39, 0.29) is 103 Å². The van der Waals surface area contributed by atoms with Crippen LogP contribution in [0.3, 0.4) is 0 Å². The van der Waals surface area contributed by atoms with Crippen LogP contribution in [0.5, 0.6) is 0 Å². The minimum atomic E-state index is -2.12. The molecule has 8 heteroatoms. The van der Waals surface area contributed by atoms with E-state index in [4.69, 9.17) is 25.1 Å². The summed E-state index contributed by atoms with van der Waals surface area (Å²) >= 11 is 0. The molecule has 6 nitrogen and oxygen atoms in total. The summed E-state index contributed by atoms with van der Waals surface area (Å²) in [6.07, 6.45) is -4.25. The third kappa shape index (κ3) is 41.9. The molecule has 0 aromatic carbocycles. The topological polar surface area (TPSA) is 113 Å². The monoisotopic (exact) mass is 223 g/mol. The summed E-state index contributed by atoms with van der Waals surface area (Å²) in [5, 5.41) is 25.4. The smallest absolute Gasteiger partial charge is 0.483 e. The van der Waals surface area contributed by atoms with Gasteiger partial charge in [0, 0.05) is 6.92 Å². The molecule has 56 valence electrons. The Morgan fingerprint density at radius 2 is 1.42 bits per heavy atom. The van der Waals surface area contributed by atoms with E-state index < -0.39 is 12.3 Å². The third-order valence-electron chi connectivity index (χ3n) is 0.167. The molecule has 0 heterocycles. The quantitative estimate of drug-likeness (QED) is 0.229. The Labute approximate surface area is 154 Å². The number of nitrogens with zero attached hydrogens (tertiary/aromatic N) is 1. The minimum Gasteiger partial charge on any atom is -0.483 e. The zero-order chi connectivity index (χ0) is 8.57. The van der Waals surface area contributed by atoms with Gasteiger partial charge in [0.05, 0.1) is 6.07 Å². The van der Waals surface area contributed by atoms with Crippen LogP contribution in [0.1, 0.15) is 6.92 Å². The molecule has 0 unspecified atom stereocenters. The summed E-state index contributed by atoms with van der Waals surface area (Å²) in [5.74, 6) is 0. The Hall–Kier alpha value is 1.50. The normalized spacial score (nSPS) is 5.00. The van der Waals surface area contributed by atoms with E-state index in [9.17, 15) is 0 Å². The van der Waals surface area contributed by atoms with E-state index in [1.807, 2.05) is 0 Å². The fourth-order valence-electron chi connectivity index (χ4n) is 0.0680. The van der Waals surface area contributed by atoms with Crippen molar-refractivity contribution >= 4 is 12.3 Å². The minimum absolute atomic E-state index is 0. The van der Waals surface area contributed by atoms with Gasteiger partial charge >= 0.3 is 103 Å². The van der Waals surface area contributed by atoms with E-state index >= 15 is 0 Å². The number of hydrogen-bond acceptors (Lipinski definition) is 6. The van der Waals surface area contributed by atoms with Gasteiger partial charge in [-0.15, -0.1) is 0 Å². The number of hydrogen-bond donors (Lipinski definition) is 0. The molecule has 12 heavy (non-hydrogen) atoms. The molecule has 0 radical (unpaired) electrons. The first-order valence-electron chi connectivity index (χ1n) is 1.95. The average molecular weight is 223 g/mol. The molecule has 0 saturated heterocycles. The molecule has 0 spiro atoms. The number of rotatable bonds is 0. The molecule has 0 aliphatic rings. The van der Waals surface area contributed by atoms with Gasteiger partial charge in [-0.05, 0) is 0 Å². The summed E-state index contributed by atoms with van der Waals surface area (Å²) in [4.78, 5) is 18.1. The Morgan fingerprint density at radius 1 is 1.25 bits per heavy atom. The maximum atomic E-state index is 9.06. The summed E-state index contributed by atoms with van der Waals surface area (Å²) in [6, 6.07) is 1.75. The van der Waals surface area contributed by atoms with Crippen LogP contribution >= 0.6 is 0 Å². The van der Waals surface area contributed by atoms with Gasteiger partial charge in [-0.3, -0.25) is 0 Å². The summed E-state index contributed by atoms with van der Waals surface area (Å²) in [7, 11) is 0. The van der Waals surface area contributed by atoms with Crippen molar-refractivity contribution in [2.75, 3.05) is 0 Å². The zero-order valence-corrected chi connectivity index (χ0v) is 13.2. The van der Waals surface area contributed by atoms with Gasteiger partial charge < -0.3 is 24.5 Å². The number of nitriles is 1. The van der Waals surface area contributed by atoms with Gasteiger partial charge in [0.2, 0.25) is 0 Å². The van der Waals surface area contributed by atoms with E-state index in [0.717, 1.165) is 0 Å². The van der Waals surface area contributed by atoms with Gasteiger partial charge in [0.1, 0.15) is 0 Å².